The van der Waals surface area contributed by atoms with E-state index < -0.39 is 11.1 Å². The minimum absolute atomic E-state index is 0.0333. The monoisotopic (exact) mass is 316 g/mol. The summed E-state index contributed by atoms with van der Waals surface area (Å²) in [6.07, 6.45) is 1.45. The molecule has 6 nitrogen and oxygen atoms in total. The molecule has 0 saturated carbocycles. The van der Waals surface area contributed by atoms with Crippen LogP contribution in [0, 0.1) is 0 Å². The Hall–Kier alpha value is -0.240. The van der Waals surface area contributed by atoms with Crippen LogP contribution >= 0.6 is 0 Å². The number of ether oxygens (including phenoxy) is 4. The summed E-state index contributed by atoms with van der Waals surface area (Å²) in [5, 5.41) is 13.5. The van der Waals surface area contributed by atoms with E-state index in [1.165, 1.54) is 5.06 Å². The van der Waals surface area contributed by atoms with Gasteiger partial charge < -0.3 is 18.9 Å². The van der Waals surface area contributed by atoms with Gasteiger partial charge in [0.05, 0.1) is 32.5 Å². The van der Waals surface area contributed by atoms with Gasteiger partial charge in [-0.25, -0.2) is 0 Å². The molecule has 2 unspecified atom stereocenters. The molecule has 2 aliphatic heterocycles. The third-order valence-corrected chi connectivity index (χ3v) is 4.22. The topological polar surface area (TPSA) is 63.4 Å². The van der Waals surface area contributed by atoms with Crippen molar-refractivity contribution in [2.45, 2.75) is 77.0 Å². The van der Waals surface area contributed by atoms with E-state index in [4.69, 9.17) is 18.9 Å². The van der Waals surface area contributed by atoms with Crippen molar-refractivity contribution >= 4 is 0 Å². The van der Waals surface area contributed by atoms with Crippen LogP contribution in [0.5, 0.6) is 0 Å². The Labute approximate surface area is 133 Å². The van der Waals surface area contributed by atoms with Crippen LogP contribution in [0.4, 0.5) is 0 Å². The smallest absolute Gasteiger partial charge is 0.155 e. The van der Waals surface area contributed by atoms with Crippen molar-refractivity contribution in [2.75, 3.05) is 26.4 Å². The van der Waals surface area contributed by atoms with Gasteiger partial charge in [0, 0.05) is 11.1 Å². The van der Waals surface area contributed by atoms with E-state index in [-0.39, 0.29) is 18.5 Å². The van der Waals surface area contributed by atoms with E-state index in [1.807, 2.05) is 34.6 Å². The second kappa shape index (κ2) is 7.11. The van der Waals surface area contributed by atoms with Crippen LogP contribution in [-0.2, 0) is 24.2 Å². The van der Waals surface area contributed by atoms with Crippen LogP contribution in [0.1, 0.15) is 47.5 Å². The zero-order chi connectivity index (χ0) is 16.4. The molecule has 2 aliphatic rings. The molecule has 6 heteroatoms. The molecule has 2 saturated heterocycles. The Kier molecular flexibility index (Phi) is 5.85. The first kappa shape index (κ1) is 18.1. The van der Waals surface area contributed by atoms with Gasteiger partial charge in [-0.05, 0) is 47.5 Å². The van der Waals surface area contributed by atoms with Gasteiger partial charge in [0.2, 0.25) is 0 Å². The van der Waals surface area contributed by atoms with E-state index in [0.29, 0.717) is 32.7 Å². The van der Waals surface area contributed by atoms with E-state index >= 15 is 0 Å². The number of nitrogens with zero attached hydrogens (tertiary/aromatic N) is 1. The largest absolute Gasteiger partial charge is 0.376 e. The van der Waals surface area contributed by atoms with Gasteiger partial charge in [-0.2, -0.15) is 0 Å². The van der Waals surface area contributed by atoms with E-state index in [9.17, 15) is 5.21 Å². The first-order valence-electron chi connectivity index (χ1n) is 8.14. The zero-order valence-electron chi connectivity index (χ0n) is 14.5. The van der Waals surface area contributed by atoms with Crippen LogP contribution in [0.25, 0.3) is 0 Å². The lowest BCUT2D eigenvalue weighted by atomic mass is 9.80. The molecular weight excluding hydrogens is 286 g/mol. The highest BCUT2D eigenvalue weighted by Gasteiger charge is 2.46. The summed E-state index contributed by atoms with van der Waals surface area (Å²) in [6, 6.07) is 0. The molecule has 1 radical (unpaired) electrons. The van der Waals surface area contributed by atoms with Gasteiger partial charge in [0.1, 0.15) is 6.10 Å². The molecule has 0 amide bonds. The van der Waals surface area contributed by atoms with Crippen molar-refractivity contribution in [3.63, 3.8) is 0 Å². The molecule has 0 spiro atoms. The summed E-state index contributed by atoms with van der Waals surface area (Å²) in [5.74, 6) is 0. The molecule has 0 aliphatic carbocycles. The maximum absolute atomic E-state index is 12.3. The molecule has 22 heavy (non-hydrogen) atoms. The highest BCUT2D eigenvalue weighted by molar-refractivity contribution is 4.96. The normalized spacial score (nSPS) is 29.5. The van der Waals surface area contributed by atoms with Gasteiger partial charge >= 0.3 is 0 Å². The number of hydrogen-bond acceptors (Lipinski definition) is 5. The fourth-order valence-electron chi connectivity index (χ4n) is 3.23. The lowest BCUT2D eigenvalue weighted by molar-refractivity contribution is -0.310. The number of piperidine rings is 1. The second-order valence-electron chi connectivity index (χ2n) is 7.55. The lowest BCUT2D eigenvalue weighted by Crippen LogP contribution is -2.60. The molecule has 2 atom stereocenters. The van der Waals surface area contributed by atoms with Crippen LogP contribution < -0.4 is 0 Å². The average molecular weight is 316 g/mol. The van der Waals surface area contributed by atoms with E-state index in [0.717, 1.165) is 6.61 Å². The van der Waals surface area contributed by atoms with Crippen molar-refractivity contribution < 1.29 is 24.2 Å². The first-order valence-corrected chi connectivity index (χ1v) is 8.14. The molecule has 0 bridgehead atoms. The SMILES string of the molecule is CC(OCCOCC1CO1)OC1CC(C)(C)N([O])C(C)(C)C1. The van der Waals surface area contributed by atoms with E-state index in [1.54, 1.807) is 0 Å². The minimum atomic E-state index is -0.417. The van der Waals surface area contributed by atoms with Crippen LogP contribution in [-0.4, -0.2) is 61.1 Å². The maximum Gasteiger partial charge on any atom is 0.155 e. The van der Waals surface area contributed by atoms with Gasteiger partial charge in [0.15, 0.2) is 6.29 Å². The van der Waals surface area contributed by atoms with Crippen molar-refractivity contribution in [1.29, 1.82) is 0 Å². The summed E-state index contributed by atoms with van der Waals surface area (Å²) in [7, 11) is 0. The Morgan fingerprint density at radius 2 is 1.77 bits per heavy atom. The number of epoxide rings is 1. The third-order valence-electron chi connectivity index (χ3n) is 4.22. The van der Waals surface area contributed by atoms with Crippen LogP contribution in [0.3, 0.4) is 0 Å². The quantitative estimate of drug-likeness (QED) is 0.390. The fraction of sp³-hybridized carbons (Fsp3) is 1.00. The summed E-state index contributed by atoms with van der Waals surface area (Å²) in [4.78, 5) is 0. The third kappa shape index (κ3) is 5.15. The van der Waals surface area contributed by atoms with Crippen molar-refractivity contribution in [1.82, 2.24) is 5.06 Å². The lowest BCUT2D eigenvalue weighted by Gasteiger charge is -2.49. The molecule has 2 heterocycles. The number of hydroxylamine groups is 2. The van der Waals surface area contributed by atoms with Crippen molar-refractivity contribution in [3.05, 3.63) is 0 Å². The predicted molar refractivity (Wildman–Crippen MR) is 80.8 cm³/mol. The number of rotatable bonds is 8. The van der Waals surface area contributed by atoms with Gasteiger partial charge in [-0.15, -0.1) is 10.3 Å². The molecule has 0 aromatic rings. The molecular formula is C16H30NO5. The first-order chi connectivity index (χ1) is 10.2. The molecule has 0 aromatic carbocycles. The highest BCUT2D eigenvalue weighted by atomic mass is 16.7. The minimum Gasteiger partial charge on any atom is -0.376 e. The Morgan fingerprint density at radius 3 is 2.32 bits per heavy atom. The zero-order valence-corrected chi connectivity index (χ0v) is 14.5. The maximum atomic E-state index is 12.3. The highest BCUT2D eigenvalue weighted by Crippen LogP contribution is 2.38. The van der Waals surface area contributed by atoms with Gasteiger partial charge in [-0.3, -0.25) is 0 Å². The van der Waals surface area contributed by atoms with Gasteiger partial charge in [0.25, 0.3) is 0 Å². The standard InChI is InChI=1S/C16H30NO5/c1-12(20-7-6-19-10-14-11-21-14)22-13-8-15(2,3)17(18)16(4,5)9-13/h12-14H,6-11H2,1-5H3. The Bertz CT molecular complexity index is 338. The van der Waals surface area contributed by atoms with Crippen molar-refractivity contribution in [2.24, 2.45) is 0 Å². The van der Waals surface area contributed by atoms with Crippen molar-refractivity contribution in [3.8, 4) is 0 Å². The molecule has 0 aromatic heterocycles. The predicted octanol–water partition coefficient (Wildman–Crippen LogP) is 2.15. The summed E-state index contributed by atoms with van der Waals surface area (Å²) >= 11 is 0. The summed E-state index contributed by atoms with van der Waals surface area (Å²) < 4.78 is 22.1. The van der Waals surface area contributed by atoms with Crippen LogP contribution in [0.15, 0.2) is 0 Å². The molecule has 2 rings (SSSR count). The molecule has 129 valence electrons. The average Bonchev–Trinajstić information content (AvgIpc) is 3.19. The van der Waals surface area contributed by atoms with Crippen LogP contribution in [0.2, 0.25) is 0 Å². The van der Waals surface area contributed by atoms with Gasteiger partial charge in [-0.1, -0.05) is 0 Å². The van der Waals surface area contributed by atoms with E-state index in [2.05, 4.69) is 0 Å². The second-order valence-corrected chi connectivity index (χ2v) is 7.55. The number of hydrogen-bond donors (Lipinski definition) is 0. The molecule has 2 fully saturated rings. The molecule has 0 N–H and O–H groups in total. The summed E-state index contributed by atoms with van der Waals surface area (Å²) in [6.45, 7) is 12.3. The summed E-state index contributed by atoms with van der Waals surface area (Å²) in [5.41, 5.74) is -0.834. The Balaban J connectivity index is 1.67. The Morgan fingerprint density at radius 1 is 1.18 bits per heavy atom. The fourth-order valence-corrected chi connectivity index (χ4v) is 3.23.